The fourth-order valence-corrected chi connectivity index (χ4v) is 4.00. The highest BCUT2D eigenvalue weighted by Crippen LogP contribution is 2.26. The van der Waals surface area contributed by atoms with Gasteiger partial charge in [-0.2, -0.15) is 0 Å². The first-order valence-electron chi connectivity index (χ1n) is 8.33. The Morgan fingerprint density at radius 3 is 2.19 bits per heavy atom. The predicted molar refractivity (Wildman–Crippen MR) is 89.9 cm³/mol. The molecule has 0 bridgehead atoms. The second kappa shape index (κ2) is 7.93. The van der Waals surface area contributed by atoms with E-state index in [4.69, 9.17) is 0 Å². The first-order valence-corrected chi connectivity index (χ1v) is 10.2. The molecule has 126 valence electrons. The Kier molecular flexibility index (Phi) is 7.14. The number of nitrogens with one attached hydrogen (secondary N) is 1. The molecule has 0 heterocycles. The molecule has 1 fully saturated rings. The van der Waals surface area contributed by atoms with Crippen LogP contribution in [0.5, 0.6) is 0 Å². The summed E-state index contributed by atoms with van der Waals surface area (Å²) in [5.41, 5.74) is 0.0471. The average molecular weight is 319 g/mol. The summed E-state index contributed by atoms with van der Waals surface area (Å²) in [4.78, 5) is 0. The summed E-state index contributed by atoms with van der Waals surface area (Å²) >= 11 is 0. The maximum atomic E-state index is 12.2. The number of sulfonamides is 1. The number of hydrogen-bond acceptors (Lipinski definition) is 3. The van der Waals surface area contributed by atoms with Gasteiger partial charge < -0.3 is 5.32 Å². The van der Waals surface area contributed by atoms with Crippen LogP contribution < -0.4 is 5.32 Å². The summed E-state index contributed by atoms with van der Waals surface area (Å²) in [5.74, 6) is 0.538. The molecule has 1 N–H and O–H groups in total. The van der Waals surface area contributed by atoms with E-state index in [1.54, 1.807) is 4.31 Å². The van der Waals surface area contributed by atoms with Crippen LogP contribution in [0.15, 0.2) is 0 Å². The Morgan fingerprint density at radius 1 is 1.19 bits per heavy atom. The summed E-state index contributed by atoms with van der Waals surface area (Å²) in [6, 6.07) is 0.181. The molecule has 21 heavy (non-hydrogen) atoms. The predicted octanol–water partition coefficient (Wildman–Crippen LogP) is 2.85. The highest BCUT2D eigenvalue weighted by atomic mass is 32.2. The molecule has 0 aromatic rings. The van der Waals surface area contributed by atoms with Gasteiger partial charge in [0.2, 0.25) is 10.0 Å². The van der Waals surface area contributed by atoms with E-state index in [-0.39, 0.29) is 11.5 Å². The second-order valence-corrected chi connectivity index (χ2v) is 9.54. The number of hydrogen-bond donors (Lipinski definition) is 1. The van der Waals surface area contributed by atoms with Crippen LogP contribution in [0.2, 0.25) is 0 Å². The lowest BCUT2D eigenvalue weighted by molar-refractivity contribution is 0.204. The van der Waals surface area contributed by atoms with Crippen molar-refractivity contribution in [1.82, 2.24) is 9.62 Å². The molecular weight excluding hydrogens is 284 g/mol. The van der Waals surface area contributed by atoms with Gasteiger partial charge in [0.25, 0.3) is 0 Å². The van der Waals surface area contributed by atoms with Crippen molar-refractivity contribution >= 4 is 10.0 Å². The van der Waals surface area contributed by atoms with Crippen LogP contribution >= 0.6 is 0 Å². The molecule has 0 unspecified atom stereocenters. The largest absolute Gasteiger partial charge is 0.312 e. The standard InChI is InChI=1S/C16H34N2O2S/c1-6-17-15(16(2,3)4)13-18(21(5,19)20)12-14-10-8-7-9-11-14/h14-15,17H,6-13H2,1-5H3/t15-/m1/s1. The van der Waals surface area contributed by atoms with Crippen LogP contribution in [0.4, 0.5) is 0 Å². The van der Waals surface area contributed by atoms with Gasteiger partial charge in [-0.15, -0.1) is 0 Å². The molecule has 1 aliphatic rings. The van der Waals surface area contributed by atoms with Crippen LogP contribution in [-0.2, 0) is 10.0 Å². The van der Waals surface area contributed by atoms with Gasteiger partial charge in [-0.3, -0.25) is 0 Å². The third kappa shape index (κ3) is 6.66. The van der Waals surface area contributed by atoms with E-state index in [2.05, 4.69) is 33.0 Å². The van der Waals surface area contributed by atoms with E-state index in [0.717, 1.165) is 6.54 Å². The van der Waals surface area contributed by atoms with Crippen molar-refractivity contribution in [3.63, 3.8) is 0 Å². The molecule has 0 spiro atoms. The Balaban J connectivity index is 2.77. The Hall–Kier alpha value is -0.130. The topological polar surface area (TPSA) is 49.4 Å². The normalized spacial score (nSPS) is 19.9. The summed E-state index contributed by atoms with van der Waals surface area (Å²) in [5, 5.41) is 3.46. The zero-order valence-electron chi connectivity index (χ0n) is 14.5. The van der Waals surface area contributed by atoms with E-state index in [0.29, 0.717) is 19.0 Å². The van der Waals surface area contributed by atoms with E-state index >= 15 is 0 Å². The molecule has 0 radical (unpaired) electrons. The molecule has 0 aromatic carbocycles. The maximum Gasteiger partial charge on any atom is 0.211 e. The van der Waals surface area contributed by atoms with Gasteiger partial charge in [-0.1, -0.05) is 47.0 Å². The van der Waals surface area contributed by atoms with Crippen LogP contribution in [-0.4, -0.2) is 44.7 Å². The van der Waals surface area contributed by atoms with Crippen molar-refractivity contribution in [1.29, 1.82) is 0 Å². The molecule has 0 aromatic heterocycles. The quantitative estimate of drug-likeness (QED) is 0.785. The van der Waals surface area contributed by atoms with Gasteiger partial charge in [-0.05, 0) is 30.7 Å². The molecule has 0 amide bonds. The zero-order chi connectivity index (χ0) is 16.1. The minimum absolute atomic E-state index is 0.0471. The van der Waals surface area contributed by atoms with Crippen LogP contribution in [0.1, 0.15) is 59.8 Å². The van der Waals surface area contributed by atoms with E-state index in [9.17, 15) is 8.42 Å². The lowest BCUT2D eigenvalue weighted by Crippen LogP contribution is -2.50. The molecule has 1 atom stereocenters. The van der Waals surface area contributed by atoms with E-state index < -0.39 is 10.0 Å². The molecular formula is C16H34N2O2S. The summed E-state index contributed by atoms with van der Waals surface area (Å²) in [6.07, 6.45) is 7.50. The van der Waals surface area contributed by atoms with Crippen LogP contribution in [0.25, 0.3) is 0 Å². The van der Waals surface area contributed by atoms with Crippen molar-refractivity contribution in [3.05, 3.63) is 0 Å². The van der Waals surface area contributed by atoms with E-state index in [1.165, 1.54) is 38.4 Å². The molecule has 0 saturated heterocycles. The van der Waals surface area contributed by atoms with Crippen LogP contribution in [0, 0.1) is 11.3 Å². The number of likely N-dealkylation sites (N-methyl/N-ethyl adjacent to an activating group) is 1. The molecule has 1 saturated carbocycles. The Morgan fingerprint density at radius 2 is 1.76 bits per heavy atom. The summed E-state index contributed by atoms with van der Waals surface area (Å²) in [7, 11) is -3.14. The van der Waals surface area contributed by atoms with Gasteiger partial charge in [0.1, 0.15) is 0 Å². The summed E-state index contributed by atoms with van der Waals surface area (Å²) in [6.45, 7) is 10.7. The molecule has 4 nitrogen and oxygen atoms in total. The minimum atomic E-state index is -3.14. The highest BCUT2D eigenvalue weighted by molar-refractivity contribution is 7.88. The second-order valence-electron chi connectivity index (χ2n) is 7.56. The lowest BCUT2D eigenvalue weighted by Gasteiger charge is -2.36. The molecule has 5 heteroatoms. The third-order valence-corrected chi connectivity index (χ3v) is 5.77. The first-order chi connectivity index (χ1) is 9.64. The number of rotatable bonds is 7. The van der Waals surface area contributed by atoms with Crippen molar-refractivity contribution in [3.8, 4) is 0 Å². The van der Waals surface area contributed by atoms with Gasteiger partial charge in [0, 0.05) is 19.1 Å². The Labute approximate surface area is 131 Å². The molecule has 1 rings (SSSR count). The third-order valence-electron chi connectivity index (χ3n) is 4.54. The smallest absolute Gasteiger partial charge is 0.211 e. The molecule has 0 aliphatic heterocycles. The average Bonchev–Trinajstić information content (AvgIpc) is 2.36. The SMILES string of the molecule is CCN[C@H](CN(CC1CCCCC1)S(C)(=O)=O)C(C)(C)C. The minimum Gasteiger partial charge on any atom is -0.312 e. The van der Waals surface area contributed by atoms with Crippen molar-refractivity contribution < 1.29 is 8.42 Å². The highest BCUT2D eigenvalue weighted by Gasteiger charge is 2.30. The Bertz CT molecular complexity index is 395. The lowest BCUT2D eigenvalue weighted by atomic mass is 9.86. The van der Waals surface area contributed by atoms with Crippen molar-refractivity contribution in [2.24, 2.45) is 11.3 Å². The fraction of sp³-hybridized carbons (Fsp3) is 1.00. The van der Waals surface area contributed by atoms with Crippen LogP contribution in [0.3, 0.4) is 0 Å². The van der Waals surface area contributed by atoms with E-state index in [1.807, 2.05) is 0 Å². The summed E-state index contributed by atoms with van der Waals surface area (Å²) < 4.78 is 26.0. The van der Waals surface area contributed by atoms with Gasteiger partial charge in [0.15, 0.2) is 0 Å². The number of nitrogens with zero attached hydrogens (tertiary/aromatic N) is 1. The van der Waals surface area contributed by atoms with Crippen molar-refractivity contribution in [2.75, 3.05) is 25.9 Å². The maximum absolute atomic E-state index is 12.2. The zero-order valence-corrected chi connectivity index (χ0v) is 15.3. The van der Waals surface area contributed by atoms with Gasteiger partial charge in [0.05, 0.1) is 6.26 Å². The van der Waals surface area contributed by atoms with Gasteiger partial charge in [-0.25, -0.2) is 12.7 Å². The van der Waals surface area contributed by atoms with Crippen molar-refractivity contribution in [2.45, 2.75) is 65.8 Å². The first kappa shape index (κ1) is 18.9. The van der Waals surface area contributed by atoms with Gasteiger partial charge >= 0.3 is 0 Å². The molecule has 1 aliphatic carbocycles. The monoisotopic (exact) mass is 318 g/mol. The fourth-order valence-electron chi connectivity index (χ4n) is 3.10.